The summed E-state index contributed by atoms with van der Waals surface area (Å²) in [6.07, 6.45) is -1.54. The molecule has 0 aliphatic rings. The van der Waals surface area contributed by atoms with E-state index >= 15 is 0 Å². The molecule has 0 aromatic carbocycles. The summed E-state index contributed by atoms with van der Waals surface area (Å²) in [6.45, 7) is -1.48. The number of alkyl halides is 3. The Morgan fingerprint density at radius 2 is 2.24 bits per heavy atom. The molecule has 1 amide bonds. The molecular formula is C13H14F3N3O2. The minimum atomic E-state index is -4.37. The number of nitrogens with one attached hydrogen (secondary N) is 1. The molecule has 1 heterocycles. The second-order valence-electron chi connectivity index (χ2n) is 3.85. The SMILES string of the molecule is NCC#Cc1cnccc1C(=O)NCCOCC(F)(F)F. The van der Waals surface area contributed by atoms with E-state index in [2.05, 4.69) is 26.9 Å². The third kappa shape index (κ3) is 6.74. The van der Waals surface area contributed by atoms with Gasteiger partial charge >= 0.3 is 6.18 Å². The number of carbonyl (C=O) groups is 1. The Balaban J connectivity index is 2.49. The zero-order chi connectivity index (χ0) is 15.7. The fourth-order valence-electron chi connectivity index (χ4n) is 1.36. The standard InChI is InChI=1S/C13H14F3N3O2/c14-13(15,16)9-21-7-6-19-12(20)11-3-5-18-8-10(11)2-1-4-17/h3,5,8H,4,6-7,9,17H2,(H,19,20). The first-order valence-corrected chi connectivity index (χ1v) is 5.99. The number of halogens is 3. The lowest BCUT2D eigenvalue weighted by Gasteiger charge is -2.09. The van der Waals surface area contributed by atoms with Crippen molar-refractivity contribution in [1.29, 1.82) is 0 Å². The summed E-state index contributed by atoms with van der Waals surface area (Å²) in [7, 11) is 0. The number of hydrogen-bond acceptors (Lipinski definition) is 4. The first kappa shape index (κ1) is 16.9. The molecule has 0 saturated heterocycles. The van der Waals surface area contributed by atoms with E-state index < -0.39 is 18.7 Å². The van der Waals surface area contributed by atoms with Gasteiger partial charge in [0.2, 0.25) is 0 Å². The molecule has 0 radical (unpaired) electrons. The van der Waals surface area contributed by atoms with Gasteiger partial charge in [0.15, 0.2) is 0 Å². The van der Waals surface area contributed by atoms with Crippen LogP contribution in [-0.2, 0) is 4.74 Å². The third-order valence-electron chi connectivity index (χ3n) is 2.19. The van der Waals surface area contributed by atoms with E-state index in [0.29, 0.717) is 5.56 Å². The molecule has 0 aliphatic heterocycles. The molecule has 8 heteroatoms. The van der Waals surface area contributed by atoms with Crippen LogP contribution in [0.25, 0.3) is 0 Å². The van der Waals surface area contributed by atoms with Gasteiger partial charge in [0.1, 0.15) is 6.61 Å². The second-order valence-corrected chi connectivity index (χ2v) is 3.85. The number of ether oxygens (including phenoxy) is 1. The molecule has 0 saturated carbocycles. The summed E-state index contributed by atoms with van der Waals surface area (Å²) in [5.74, 6) is 4.83. The van der Waals surface area contributed by atoms with Crippen molar-refractivity contribution in [3.05, 3.63) is 29.6 Å². The number of nitrogens with two attached hydrogens (primary N) is 1. The van der Waals surface area contributed by atoms with Crippen molar-refractivity contribution >= 4 is 5.91 Å². The summed E-state index contributed by atoms with van der Waals surface area (Å²) in [6, 6.07) is 1.46. The molecule has 0 atom stereocenters. The van der Waals surface area contributed by atoms with Crippen LogP contribution < -0.4 is 11.1 Å². The Labute approximate surface area is 119 Å². The fourth-order valence-corrected chi connectivity index (χ4v) is 1.36. The molecular weight excluding hydrogens is 287 g/mol. The van der Waals surface area contributed by atoms with E-state index in [4.69, 9.17) is 5.73 Å². The van der Waals surface area contributed by atoms with Crippen molar-refractivity contribution in [2.75, 3.05) is 26.3 Å². The van der Waals surface area contributed by atoms with Gasteiger partial charge in [-0.1, -0.05) is 11.8 Å². The Hall–Kier alpha value is -2.11. The minimum absolute atomic E-state index is 0.0407. The first-order valence-electron chi connectivity index (χ1n) is 5.99. The zero-order valence-electron chi connectivity index (χ0n) is 11.0. The average Bonchev–Trinajstić information content (AvgIpc) is 2.43. The lowest BCUT2D eigenvalue weighted by Crippen LogP contribution is -2.29. The number of amides is 1. The van der Waals surface area contributed by atoms with Gasteiger partial charge in [-0.2, -0.15) is 13.2 Å². The van der Waals surface area contributed by atoms with Crippen LogP contribution in [0.3, 0.4) is 0 Å². The number of rotatable bonds is 5. The molecule has 0 aliphatic carbocycles. The summed E-state index contributed by atoms with van der Waals surface area (Å²) in [4.78, 5) is 15.7. The van der Waals surface area contributed by atoms with Crippen LogP contribution in [0.15, 0.2) is 18.5 Å². The molecule has 0 fully saturated rings. The van der Waals surface area contributed by atoms with Crippen molar-refractivity contribution < 1.29 is 22.7 Å². The predicted octanol–water partition coefficient (Wildman–Crippen LogP) is 0.700. The van der Waals surface area contributed by atoms with Crippen molar-refractivity contribution in [3.8, 4) is 11.8 Å². The highest BCUT2D eigenvalue weighted by Gasteiger charge is 2.27. The normalized spacial score (nSPS) is 10.7. The van der Waals surface area contributed by atoms with E-state index in [9.17, 15) is 18.0 Å². The molecule has 0 bridgehead atoms. The molecule has 0 spiro atoms. The van der Waals surface area contributed by atoms with E-state index in [1.807, 2.05) is 0 Å². The predicted molar refractivity (Wildman–Crippen MR) is 69.4 cm³/mol. The van der Waals surface area contributed by atoms with Crippen molar-refractivity contribution in [3.63, 3.8) is 0 Å². The molecule has 1 aromatic heterocycles. The summed E-state index contributed by atoms with van der Waals surface area (Å²) in [5.41, 5.74) is 5.93. The Morgan fingerprint density at radius 1 is 1.48 bits per heavy atom. The van der Waals surface area contributed by atoms with Crippen LogP contribution in [0.1, 0.15) is 15.9 Å². The highest BCUT2D eigenvalue weighted by Crippen LogP contribution is 2.14. The summed E-state index contributed by atoms with van der Waals surface area (Å²) in [5, 5.41) is 2.44. The maximum Gasteiger partial charge on any atom is 0.411 e. The molecule has 5 nitrogen and oxygen atoms in total. The molecule has 3 N–H and O–H groups in total. The van der Waals surface area contributed by atoms with E-state index in [1.165, 1.54) is 18.5 Å². The van der Waals surface area contributed by atoms with Gasteiger partial charge in [-0.05, 0) is 6.07 Å². The molecule has 0 unspecified atom stereocenters. The van der Waals surface area contributed by atoms with Gasteiger partial charge in [0, 0.05) is 18.9 Å². The molecule has 114 valence electrons. The van der Waals surface area contributed by atoms with Crippen molar-refractivity contribution in [2.24, 2.45) is 5.73 Å². The fraction of sp³-hybridized carbons (Fsp3) is 0.385. The van der Waals surface area contributed by atoms with Gasteiger partial charge < -0.3 is 15.8 Å². The van der Waals surface area contributed by atoms with Gasteiger partial charge in [-0.15, -0.1) is 0 Å². The van der Waals surface area contributed by atoms with E-state index in [1.54, 1.807) is 0 Å². The van der Waals surface area contributed by atoms with Crippen LogP contribution >= 0.6 is 0 Å². The average molecular weight is 301 g/mol. The minimum Gasteiger partial charge on any atom is -0.370 e. The van der Waals surface area contributed by atoms with Crippen molar-refractivity contribution in [2.45, 2.75) is 6.18 Å². The number of carbonyl (C=O) groups excluding carboxylic acids is 1. The highest BCUT2D eigenvalue weighted by molar-refractivity contribution is 5.96. The maximum absolute atomic E-state index is 11.9. The number of aromatic nitrogens is 1. The summed E-state index contributed by atoms with van der Waals surface area (Å²) < 4.78 is 39.9. The van der Waals surface area contributed by atoms with E-state index in [-0.39, 0.29) is 25.3 Å². The zero-order valence-corrected chi connectivity index (χ0v) is 11.0. The number of nitrogens with zero attached hydrogens (tertiary/aromatic N) is 1. The van der Waals surface area contributed by atoms with Crippen LogP contribution in [0.2, 0.25) is 0 Å². The van der Waals surface area contributed by atoms with Gasteiger partial charge in [0.05, 0.1) is 24.3 Å². The first-order chi connectivity index (χ1) is 9.94. The second kappa shape index (κ2) is 8.24. The molecule has 21 heavy (non-hydrogen) atoms. The Morgan fingerprint density at radius 3 is 2.90 bits per heavy atom. The van der Waals surface area contributed by atoms with Crippen LogP contribution in [0.4, 0.5) is 13.2 Å². The van der Waals surface area contributed by atoms with Gasteiger partial charge in [-0.3, -0.25) is 9.78 Å². The number of pyridine rings is 1. The Bertz CT molecular complexity index is 535. The van der Waals surface area contributed by atoms with Crippen molar-refractivity contribution in [1.82, 2.24) is 10.3 Å². The monoisotopic (exact) mass is 301 g/mol. The van der Waals surface area contributed by atoms with Crippen LogP contribution in [-0.4, -0.2) is 43.4 Å². The topological polar surface area (TPSA) is 77.2 Å². The maximum atomic E-state index is 11.9. The van der Waals surface area contributed by atoms with Crippen LogP contribution in [0, 0.1) is 11.8 Å². The van der Waals surface area contributed by atoms with Gasteiger partial charge in [-0.25, -0.2) is 0 Å². The molecule has 1 rings (SSSR count). The van der Waals surface area contributed by atoms with Crippen LogP contribution in [0.5, 0.6) is 0 Å². The molecule has 1 aromatic rings. The van der Waals surface area contributed by atoms with Gasteiger partial charge in [0.25, 0.3) is 5.91 Å². The lowest BCUT2D eigenvalue weighted by molar-refractivity contribution is -0.173. The smallest absolute Gasteiger partial charge is 0.370 e. The largest absolute Gasteiger partial charge is 0.411 e. The highest BCUT2D eigenvalue weighted by atomic mass is 19.4. The third-order valence-corrected chi connectivity index (χ3v) is 2.19. The quantitative estimate of drug-likeness (QED) is 0.620. The number of hydrogen-bond donors (Lipinski definition) is 2. The summed E-state index contributed by atoms with van der Waals surface area (Å²) >= 11 is 0. The van der Waals surface area contributed by atoms with E-state index in [0.717, 1.165) is 0 Å². The Kier molecular flexibility index (Phi) is 6.65. The lowest BCUT2D eigenvalue weighted by atomic mass is 10.1.